The van der Waals surface area contributed by atoms with E-state index in [2.05, 4.69) is 202 Å². The van der Waals surface area contributed by atoms with Gasteiger partial charge in [0.2, 0.25) is 0 Å². The highest BCUT2D eigenvalue weighted by Crippen LogP contribution is 2.44. The molecule has 47 heavy (non-hydrogen) atoms. The standard InChI is InChI=1S/C44H31N3/c1-6-16-32(17-7-1)33-26-28-41-39(30-33)43-44(46(41)36-22-12-4-13-23-36)40-31-38(27-29-42(40)47(43)37-24-14-5-15-25-37)45(34-18-8-2-9-19-34)35-20-10-3-11-21-35/h1-31H. The molecule has 0 saturated carbocycles. The van der Waals surface area contributed by atoms with Gasteiger partial charge in [-0.1, -0.05) is 109 Å². The summed E-state index contributed by atoms with van der Waals surface area (Å²) >= 11 is 0. The maximum Gasteiger partial charge on any atom is 0.0804 e. The average molecular weight is 602 g/mol. The molecule has 3 nitrogen and oxygen atoms in total. The zero-order chi connectivity index (χ0) is 31.2. The van der Waals surface area contributed by atoms with Crippen LogP contribution in [0, 0.1) is 0 Å². The molecule has 7 aromatic carbocycles. The van der Waals surface area contributed by atoms with Gasteiger partial charge in [0.25, 0.3) is 0 Å². The van der Waals surface area contributed by atoms with Crippen LogP contribution in [0.4, 0.5) is 17.1 Å². The molecule has 0 saturated heterocycles. The molecule has 2 aromatic heterocycles. The molecule has 222 valence electrons. The first-order chi connectivity index (χ1) is 23.3. The fourth-order valence-electron chi connectivity index (χ4n) is 7.02. The summed E-state index contributed by atoms with van der Waals surface area (Å²) in [6.45, 7) is 0. The van der Waals surface area contributed by atoms with E-state index in [0.29, 0.717) is 0 Å². The van der Waals surface area contributed by atoms with Crippen molar-refractivity contribution in [1.82, 2.24) is 9.13 Å². The lowest BCUT2D eigenvalue weighted by Crippen LogP contribution is -2.09. The summed E-state index contributed by atoms with van der Waals surface area (Å²) in [4.78, 5) is 2.34. The van der Waals surface area contributed by atoms with E-state index in [-0.39, 0.29) is 0 Å². The molecule has 2 heterocycles. The summed E-state index contributed by atoms with van der Waals surface area (Å²) in [5.41, 5.74) is 12.8. The van der Waals surface area contributed by atoms with Crippen molar-refractivity contribution in [3.63, 3.8) is 0 Å². The van der Waals surface area contributed by atoms with E-state index in [1.165, 1.54) is 44.0 Å². The highest BCUT2D eigenvalue weighted by molar-refractivity contribution is 6.21. The van der Waals surface area contributed by atoms with Crippen LogP contribution >= 0.6 is 0 Å². The van der Waals surface area contributed by atoms with Gasteiger partial charge in [0.05, 0.1) is 22.1 Å². The normalized spacial score (nSPS) is 11.4. The molecule has 3 heteroatoms. The Hall–Kier alpha value is -6.32. The van der Waals surface area contributed by atoms with Crippen molar-refractivity contribution in [2.45, 2.75) is 0 Å². The maximum atomic E-state index is 2.44. The quantitative estimate of drug-likeness (QED) is 0.185. The Morgan fingerprint density at radius 3 is 1.26 bits per heavy atom. The Kier molecular flexibility index (Phi) is 6.46. The Morgan fingerprint density at radius 2 is 0.745 bits per heavy atom. The first kappa shape index (κ1) is 27.0. The van der Waals surface area contributed by atoms with Crippen LogP contribution in [0.3, 0.4) is 0 Å². The van der Waals surface area contributed by atoms with Crippen molar-refractivity contribution >= 4 is 49.9 Å². The number of fused-ring (bicyclic) bond motifs is 5. The summed E-state index contributed by atoms with van der Waals surface area (Å²) in [6.07, 6.45) is 0. The monoisotopic (exact) mass is 601 g/mol. The van der Waals surface area contributed by atoms with E-state index in [1.54, 1.807) is 0 Å². The number of anilines is 3. The molecule has 0 aliphatic carbocycles. The molecule has 0 fully saturated rings. The molecule has 0 amide bonds. The van der Waals surface area contributed by atoms with Gasteiger partial charge >= 0.3 is 0 Å². The van der Waals surface area contributed by atoms with Crippen LogP contribution in [-0.2, 0) is 0 Å². The van der Waals surface area contributed by atoms with Crippen molar-refractivity contribution in [1.29, 1.82) is 0 Å². The third-order valence-electron chi connectivity index (χ3n) is 9.06. The zero-order valence-corrected chi connectivity index (χ0v) is 25.7. The van der Waals surface area contributed by atoms with Gasteiger partial charge in [-0.15, -0.1) is 0 Å². The number of rotatable bonds is 6. The van der Waals surface area contributed by atoms with Crippen molar-refractivity contribution < 1.29 is 0 Å². The second kappa shape index (κ2) is 11.2. The van der Waals surface area contributed by atoms with Crippen LogP contribution in [0.15, 0.2) is 188 Å². The molecular formula is C44H31N3. The molecule has 0 unspecified atom stereocenters. The third kappa shape index (κ3) is 4.52. The van der Waals surface area contributed by atoms with E-state index in [1.807, 2.05) is 0 Å². The Balaban J connectivity index is 1.42. The van der Waals surface area contributed by atoms with Gasteiger partial charge in [-0.2, -0.15) is 0 Å². The molecule has 0 N–H and O–H groups in total. The van der Waals surface area contributed by atoms with Crippen LogP contribution in [0.2, 0.25) is 0 Å². The second-order valence-electron chi connectivity index (χ2n) is 11.8. The van der Waals surface area contributed by atoms with E-state index >= 15 is 0 Å². The lowest BCUT2D eigenvalue weighted by Gasteiger charge is -2.25. The first-order valence-corrected chi connectivity index (χ1v) is 16.0. The summed E-state index contributed by atoms with van der Waals surface area (Å²) in [6, 6.07) is 67.2. The van der Waals surface area contributed by atoms with Crippen molar-refractivity contribution in [2.24, 2.45) is 0 Å². The Morgan fingerprint density at radius 1 is 0.319 bits per heavy atom. The fraction of sp³-hybridized carbons (Fsp3) is 0. The van der Waals surface area contributed by atoms with E-state index in [4.69, 9.17) is 0 Å². The minimum atomic E-state index is 1.11. The number of para-hydroxylation sites is 4. The summed E-state index contributed by atoms with van der Waals surface area (Å²) in [7, 11) is 0. The molecule has 0 radical (unpaired) electrons. The number of hydrogen-bond donors (Lipinski definition) is 0. The Bertz CT molecular complexity index is 2400. The zero-order valence-electron chi connectivity index (χ0n) is 25.7. The second-order valence-corrected chi connectivity index (χ2v) is 11.8. The fourth-order valence-corrected chi connectivity index (χ4v) is 7.02. The molecule has 0 atom stereocenters. The maximum absolute atomic E-state index is 2.44. The number of nitrogens with zero attached hydrogens (tertiary/aromatic N) is 3. The topological polar surface area (TPSA) is 13.1 Å². The van der Waals surface area contributed by atoms with Gasteiger partial charge in [-0.3, -0.25) is 0 Å². The van der Waals surface area contributed by atoms with Crippen molar-refractivity contribution in [3.05, 3.63) is 188 Å². The van der Waals surface area contributed by atoms with Gasteiger partial charge in [-0.25, -0.2) is 0 Å². The van der Waals surface area contributed by atoms with Gasteiger partial charge in [0, 0.05) is 39.2 Å². The van der Waals surface area contributed by atoms with Gasteiger partial charge in [0.15, 0.2) is 0 Å². The number of benzene rings is 7. The largest absolute Gasteiger partial charge is 0.310 e. The minimum absolute atomic E-state index is 1.11. The van der Waals surface area contributed by atoms with Gasteiger partial charge in [0.1, 0.15) is 0 Å². The van der Waals surface area contributed by atoms with E-state index in [0.717, 1.165) is 28.4 Å². The van der Waals surface area contributed by atoms with E-state index < -0.39 is 0 Å². The van der Waals surface area contributed by atoms with Gasteiger partial charge < -0.3 is 14.0 Å². The molecule has 0 aliphatic heterocycles. The summed E-state index contributed by atoms with van der Waals surface area (Å²) in [5, 5.41) is 2.41. The molecule has 0 bridgehead atoms. The highest BCUT2D eigenvalue weighted by Gasteiger charge is 2.24. The molecular weight excluding hydrogens is 571 g/mol. The summed E-state index contributed by atoms with van der Waals surface area (Å²) in [5.74, 6) is 0. The van der Waals surface area contributed by atoms with Gasteiger partial charge in [-0.05, 0) is 90.0 Å². The molecule has 9 aromatic rings. The lowest BCUT2D eigenvalue weighted by atomic mass is 10.0. The first-order valence-electron chi connectivity index (χ1n) is 16.0. The predicted octanol–water partition coefficient (Wildman–Crippen LogP) is 11.9. The van der Waals surface area contributed by atoms with E-state index in [9.17, 15) is 0 Å². The van der Waals surface area contributed by atoms with Crippen LogP contribution in [0.25, 0.3) is 55.3 Å². The molecule has 9 rings (SSSR count). The van der Waals surface area contributed by atoms with Crippen LogP contribution in [0.1, 0.15) is 0 Å². The lowest BCUT2D eigenvalue weighted by molar-refractivity contribution is 1.17. The van der Waals surface area contributed by atoms with Crippen molar-refractivity contribution in [2.75, 3.05) is 4.90 Å². The summed E-state index contributed by atoms with van der Waals surface area (Å²) < 4.78 is 4.89. The third-order valence-corrected chi connectivity index (χ3v) is 9.06. The molecule has 0 spiro atoms. The highest BCUT2D eigenvalue weighted by atomic mass is 15.1. The van der Waals surface area contributed by atoms with Crippen LogP contribution in [-0.4, -0.2) is 9.13 Å². The minimum Gasteiger partial charge on any atom is -0.310 e. The number of hydrogen-bond acceptors (Lipinski definition) is 1. The number of aromatic nitrogens is 2. The van der Waals surface area contributed by atoms with Crippen molar-refractivity contribution in [3.8, 4) is 22.5 Å². The smallest absolute Gasteiger partial charge is 0.0804 e. The average Bonchev–Trinajstić information content (AvgIpc) is 3.66. The predicted molar refractivity (Wildman–Crippen MR) is 198 cm³/mol. The SMILES string of the molecule is c1ccc(-c2ccc3c(c2)c2c(c4cc(N(c5ccccc5)c5ccccc5)ccc4n2-c2ccccc2)n3-c2ccccc2)cc1. The molecule has 0 aliphatic rings. The Labute approximate surface area is 273 Å². The van der Waals surface area contributed by atoms with Crippen LogP contribution < -0.4 is 4.90 Å². The van der Waals surface area contributed by atoms with Crippen LogP contribution in [0.5, 0.6) is 0 Å².